The van der Waals surface area contributed by atoms with Gasteiger partial charge in [-0.05, 0) is 54.6 Å². The molecule has 1 aliphatic heterocycles. The van der Waals surface area contributed by atoms with Crippen LogP contribution in [0.15, 0.2) is 53.4 Å². The highest BCUT2D eigenvalue weighted by atomic mass is 32.2. The Morgan fingerprint density at radius 2 is 1.93 bits per heavy atom. The van der Waals surface area contributed by atoms with Crippen molar-refractivity contribution in [2.75, 3.05) is 24.6 Å². The fourth-order valence-electron chi connectivity index (χ4n) is 2.89. The molecule has 0 unspecified atom stereocenters. The minimum Gasteiger partial charge on any atom is -0.492 e. The van der Waals surface area contributed by atoms with E-state index in [0.717, 1.165) is 46.8 Å². The zero-order chi connectivity index (χ0) is 20.2. The molecular formula is C21H19N3O3S2. The third-order valence-electron chi connectivity index (χ3n) is 4.38. The lowest BCUT2D eigenvalue weighted by Crippen LogP contribution is -2.27. The number of para-hydroxylation sites is 1. The number of hydrogen-bond donors (Lipinski definition) is 1. The first kappa shape index (κ1) is 19.5. The average Bonchev–Trinajstić information content (AvgIpc) is 3.29. The molecule has 0 aliphatic carbocycles. The van der Waals surface area contributed by atoms with Crippen LogP contribution in [-0.2, 0) is 4.79 Å². The number of carbonyl (C=O) groups is 2. The van der Waals surface area contributed by atoms with Crippen LogP contribution in [0.25, 0.3) is 16.3 Å². The van der Waals surface area contributed by atoms with Gasteiger partial charge in [-0.15, -0.1) is 0 Å². The number of ether oxygens (including phenoxy) is 1. The number of fused-ring (bicyclic) bond motifs is 1. The Labute approximate surface area is 176 Å². The van der Waals surface area contributed by atoms with Crippen molar-refractivity contribution in [1.82, 2.24) is 10.3 Å². The van der Waals surface area contributed by atoms with Crippen LogP contribution in [0.2, 0.25) is 0 Å². The van der Waals surface area contributed by atoms with E-state index in [1.807, 2.05) is 42.5 Å². The summed E-state index contributed by atoms with van der Waals surface area (Å²) < 4.78 is 7.06. The van der Waals surface area contributed by atoms with Gasteiger partial charge in [-0.2, -0.15) is 0 Å². The molecule has 1 aromatic heterocycles. The molecule has 3 aromatic rings. The number of benzene rings is 2. The van der Waals surface area contributed by atoms with Crippen molar-refractivity contribution in [3.8, 4) is 5.75 Å². The fraction of sp³-hybridized carbons (Fsp3) is 0.190. The van der Waals surface area contributed by atoms with Crippen LogP contribution in [0.4, 0.5) is 9.93 Å². The summed E-state index contributed by atoms with van der Waals surface area (Å²) in [6.07, 6.45) is 1.70. The summed E-state index contributed by atoms with van der Waals surface area (Å²) in [6.45, 7) is 4.24. The number of anilines is 1. The fourth-order valence-corrected chi connectivity index (χ4v) is 4.63. The second-order valence-electron chi connectivity index (χ2n) is 6.31. The molecule has 2 amide bonds. The normalized spacial score (nSPS) is 15.1. The molecule has 29 heavy (non-hydrogen) atoms. The lowest BCUT2D eigenvalue weighted by atomic mass is 10.2. The van der Waals surface area contributed by atoms with Gasteiger partial charge < -0.3 is 9.64 Å². The van der Waals surface area contributed by atoms with Crippen molar-refractivity contribution in [3.05, 3.63) is 59.0 Å². The van der Waals surface area contributed by atoms with Crippen molar-refractivity contribution in [2.24, 2.45) is 0 Å². The number of likely N-dealkylation sites (N-methyl/N-ethyl adjacent to an activating group) is 1. The maximum Gasteiger partial charge on any atom is 0.290 e. The minimum absolute atomic E-state index is 0.338. The third-order valence-corrected chi connectivity index (χ3v) is 6.29. The summed E-state index contributed by atoms with van der Waals surface area (Å²) in [5.41, 5.74) is 1.86. The maximum atomic E-state index is 11.6. The van der Waals surface area contributed by atoms with Gasteiger partial charge in [0.25, 0.3) is 11.1 Å². The molecule has 148 valence electrons. The Morgan fingerprint density at radius 3 is 2.62 bits per heavy atom. The molecule has 2 aromatic carbocycles. The molecule has 1 N–H and O–H groups in total. The molecule has 8 heteroatoms. The van der Waals surface area contributed by atoms with E-state index in [9.17, 15) is 9.59 Å². The molecule has 0 radical (unpaired) electrons. The smallest absolute Gasteiger partial charge is 0.290 e. The number of imide groups is 1. The lowest BCUT2D eigenvalue weighted by Gasteiger charge is -2.19. The Kier molecular flexibility index (Phi) is 5.82. The molecule has 0 spiro atoms. The molecule has 0 bridgehead atoms. The zero-order valence-corrected chi connectivity index (χ0v) is 17.4. The van der Waals surface area contributed by atoms with E-state index < -0.39 is 0 Å². The number of nitrogens with one attached hydrogen (secondary N) is 1. The molecule has 0 atom stereocenters. The number of hydrogen-bond acceptors (Lipinski definition) is 7. The van der Waals surface area contributed by atoms with Gasteiger partial charge in [-0.1, -0.05) is 35.6 Å². The van der Waals surface area contributed by atoms with Crippen molar-refractivity contribution < 1.29 is 14.3 Å². The summed E-state index contributed by atoms with van der Waals surface area (Å²) in [7, 11) is 0. The summed E-state index contributed by atoms with van der Waals surface area (Å²) in [5, 5.41) is 2.91. The Hall–Kier alpha value is -2.84. The van der Waals surface area contributed by atoms with Gasteiger partial charge in [-0.25, -0.2) is 4.98 Å². The third kappa shape index (κ3) is 4.60. The molecule has 1 saturated heterocycles. The van der Waals surface area contributed by atoms with E-state index in [-0.39, 0.29) is 11.1 Å². The van der Waals surface area contributed by atoms with E-state index in [0.29, 0.717) is 11.5 Å². The molecule has 1 fully saturated rings. The number of amides is 2. The highest BCUT2D eigenvalue weighted by Crippen LogP contribution is 2.28. The first-order valence-corrected chi connectivity index (χ1v) is 10.8. The Balaban J connectivity index is 1.34. The van der Waals surface area contributed by atoms with Crippen LogP contribution >= 0.6 is 23.1 Å². The zero-order valence-electron chi connectivity index (χ0n) is 15.8. The van der Waals surface area contributed by atoms with E-state index >= 15 is 0 Å². The number of nitrogens with zero attached hydrogens (tertiary/aromatic N) is 2. The topological polar surface area (TPSA) is 71.5 Å². The van der Waals surface area contributed by atoms with Gasteiger partial charge in [0.05, 0.1) is 21.7 Å². The molecule has 6 nitrogen and oxygen atoms in total. The number of thioether (sulfide) groups is 1. The molecule has 4 rings (SSSR count). The predicted molar refractivity (Wildman–Crippen MR) is 119 cm³/mol. The van der Waals surface area contributed by atoms with E-state index in [1.54, 1.807) is 17.4 Å². The Morgan fingerprint density at radius 1 is 1.14 bits per heavy atom. The largest absolute Gasteiger partial charge is 0.492 e. The van der Waals surface area contributed by atoms with Crippen molar-refractivity contribution in [1.29, 1.82) is 0 Å². The van der Waals surface area contributed by atoms with Gasteiger partial charge in [0.15, 0.2) is 5.13 Å². The van der Waals surface area contributed by atoms with Gasteiger partial charge in [0.1, 0.15) is 12.4 Å². The average molecular weight is 426 g/mol. The van der Waals surface area contributed by atoms with Crippen molar-refractivity contribution in [3.63, 3.8) is 0 Å². The molecule has 2 heterocycles. The van der Waals surface area contributed by atoms with Gasteiger partial charge in [-0.3, -0.25) is 14.9 Å². The molecule has 0 saturated carbocycles. The van der Waals surface area contributed by atoms with Crippen LogP contribution in [0.3, 0.4) is 0 Å². The van der Waals surface area contributed by atoms with Crippen LogP contribution in [0, 0.1) is 0 Å². The van der Waals surface area contributed by atoms with Gasteiger partial charge in [0, 0.05) is 6.54 Å². The first-order valence-electron chi connectivity index (χ1n) is 9.20. The summed E-state index contributed by atoms with van der Waals surface area (Å²) in [4.78, 5) is 30.1. The predicted octanol–water partition coefficient (Wildman–Crippen LogP) is 4.53. The quantitative estimate of drug-likeness (QED) is 0.561. The summed E-state index contributed by atoms with van der Waals surface area (Å²) in [6, 6.07) is 15.6. The van der Waals surface area contributed by atoms with Gasteiger partial charge in [0.2, 0.25) is 0 Å². The van der Waals surface area contributed by atoms with E-state index in [2.05, 4.69) is 23.2 Å². The second-order valence-corrected chi connectivity index (χ2v) is 8.34. The standard InChI is InChI=1S/C21H19N3O3S2/c1-2-24(20-22-16-5-3-4-6-17(16)28-20)11-12-27-15-9-7-14(8-10-15)13-18-19(25)23-21(26)29-18/h3-10,13H,2,11-12H2,1H3,(H,23,25,26)/b18-13+. The van der Waals surface area contributed by atoms with E-state index in [4.69, 9.17) is 9.72 Å². The van der Waals surface area contributed by atoms with Crippen LogP contribution in [-0.4, -0.2) is 35.8 Å². The first-order chi connectivity index (χ1) is 14.1. The summed E-state index contributed by atoms with van der Waals surface area (Å²) in [5.74, 6) is 0.405. The highest BCUT2D eigenvalue weighted by Gasteiger charge is 2.24. The number of thiazole rings is 1. The maximum absolute atomic E-state index is 11.6. The number of carbonyl (C=O) groups excluding carboxylic acids is 2. The summed E-state index contributed by atoms with van der Waals surface area (Å²) >= 11 is 2.60. The lowest BCUT2D eigenvalue weighted by molar-refractivity contribution is -0.115. The Bertz CT molecular complexity index is 1040. The number of aromatic nitrogens is 1. The van der Waals surface area contributed by atoms with Gasteiger partial charge >= 0.3 is 0 Å². The van der Waals surface area contributed by atoms with Crippen LogP contribution in [0.1, 0.15) is 12.5 Å². The highest BCUT2D eigenvalue weighted by molar-refractivity contribution is 8.18. The van der Waals surface area contributed by atoms with Crippen molar-refractivity contribution in [2.45, 2.75) is 6.92 Å². The number of rotatable bonds is 7. The molecule has 1 aliphatic rings. The van der Waals surface area contributed by atoms with Crippen LogP contribution < -0.4 is 15.0 Å². The van der Waals surface area contributed by atoms with Crippen molar-refractivity contribution >= 4 is 55.7 Å². The van der Waals surface area contributed by atoms with Crippen LogP contribution in [0.5, 0.6) is 5.75 Å². The van der Waals surface area contributed by atoms with E-state index in [1.165, 1.54) is 4.70 Å². The monoisotopic (exact) mass is 425 g/mol. The molecular weight excluding hydrogens is 406 g/mol. The minimum atomic E-state index is -0.352. The second kappa shape index (κ2) is 8.67. The SMILES string of the molecule is CCN(CCOc1ccc(/C=C2/SC(=O)NC2=O)cc1)c1nc2ccccc2s1.